The summed E-state index contributed by atoms with van der Waals surface area (Å²) in [4.78, 5) is 17.1. The summed E-state index contributed by atoms with van der Waals surface area (Å²) < 4.78 is 5.07. The Morgan fingerprint density at radius 2 is 1.83 bits per heavy atom. The molecule has 1 N–H and O–H groups in total. The summed E-state index contributed by atoms with van der Waals surface area (Å²) in [5.41, 5.74) is 0.0191. The Morgan fingerprint density at radius 1 is 1.17 bits per heavy atom. The van der Waals surface area contributed by atoms with Crippen molar-refractivity contribution < 1.29 is 14.4 Å². The maximum absolute atomic E-state index is 12.0. The highest BCUT2D eigenvalue weighted by molar-refractivity contribution is 6.01. The highest BCUT2D eigenvalue weighted by Crippen LogP contribution is 2.19. The van der Waals surface area contributed by atoms with Gasteiger partial charge in [-0.15, -0.1) is 0 Å². The van der Waals surface area contributed by atoms with Crippen LogP contribution in [0, 0.1) is 6.92 Å². The largest absolute Gasteiger partial charge is 0.507 e. The molecular weight excluding hydrogens is 294 g/mol. The lowest BCUT2D eigenvalue weighted by Gasteiger charge is -2.08. The lowest BCUT2D eigenvalue weighted by molar-refractivity contribution is 0.158. The minimum Gasteiger partial charge on any atom is -0.507 e. The molecular formula is C18H29NO4. The van der Waals surface area contributed by atoms with Crippen LogP contribution < -0.4 is 5.63 Å². The van der Waals surface area contributed by atoms with Gasteiger partial charge in [-0.2, -0.15) is 0 Å². The van der Waals surface area contributed by atoms with E-state index in [9.17, 15) is 9.90 Å². The van der Waals surface area contributed by atoms with Gasteiger partial charge >= 0.3 is 5.63 Å². The van der Waals surface area contributed by atoms with Gasteiger partial charge in [0.2, 0.25) is 0 Å². The Hall–Kier alpha value is -1.78. The Balaban J connectivity index is 2.66. The predicted octanol–water partition coefficient (Wildman–Crippen LogP) is 4.54. The van der Waals surface area contributed by atoms with Crippen molar-refractivity contribution in [2.45, 2.75) is 72.1 Å². The van der Waals surface area contributed by atoms with Crippen molar-refractivity contribution in [1.29, 1.82) is 0 Å². The first-order valence-corrected chi connectivity index (χ1v) is 8.63. The zero-order chi connectivity index (χ0) is 17.1. The fraction of sp³-hybridized carbons (Fsp3) is 0.667. The molecule has 0 fully saturated rings. The van der Waals surface area contributed by atoms with Crippen molar-refractivity contribution in [3.05, 3.63) is 27.8 Å². The van der Waals surface area contributed by atoms with Crippen LogP contribution >= 0.6 is 0 Å². The number of aromatic hydroxyl groups is 1. The van der Waals surface area contributed by atoms with Gasteiger partial charge in [-0.05, 0) is 26.7 Å². The highest BCUT2D eigenvalue weighted by Gasteiger charge is 2.17. The van der Waals surface area contributed by atoms with E-state index in [0.717, 1.165) is 12.8 Å². The van der Waals surface area contributed by atoms with E-state index in [1.165, 1.54) is 38.2 Å². The highest BCUT2D eigenvalue weighted by atomic mass is 16.6. The predicted molar refractivity (Wildman–Crippen MR) is 92.2 cm³/mol. The molecule has 0 amide bonds. The molecule has 0 saturated carbocycles. The number of unbranched alkanes of at least 4 members (excludes halogenated alkanes) is 6. The van der Waals surface area contributed by atoms with Crippen LogP contribution in [0.3, 0.4) is 0 Å². The number of aryl methyl sites for hydroxylation is 1. The first-order valence-electron chi connectivity index (χ1n) is 8.63. The van der Waals surface area contributed by atoms with Gasteiger partial charge in [-0.3, -0.25) is 0 Å². The second kappa shape index (κ2) is 10.9. The van der Waals surface area contributed by atoms with Crippen LogP contribution in [0.1, 0.15) is 76.5 Å². The molecule has 0 radical (unpaired) electrons. The molecule has 0 aliphatic rings. The van der Waals surface area contributed by atoms with Crippen molar-refractivity contribution in [3.63, 3.8) is 0 Å². The quantitative estimate of drug-likeness (QED) is 0.369. The fourth-order valence-electron chi connectivity index (χ4n) is 2.47. The molecule has 5 nitrogen and oxygen atoms in total. The normalized spacial score (nSPS) is 11.7. The van der Waals surface area contributed by atoms with Crippen molar-refractivity contribution in [2.75, 3.05) is 6.61 Å². The molecule has 0 spiro atoms. The molecule has 0 aliphatic carbocycles. The standard InChI is InChI=1S/C18H29NO4/c1-4-6-7-8-9-10-11-12-15(19-22-5-2)17-16(20)13-14(3)23-18(17)21/h13,20H,4-12H2,1-3H3. The van der Waals surface area contributed by atoms with Gasteiger partial charge in [0.05, 0.1) is 5.71 Å². The Kier molecular flexibility index (Phi) is 9.10. The summed E-state index contributed by atoms with van der Waals surface area (Å²) in [6.07, 6.45) is 8.80. The van der Waals surface area contributed by atoms with Gasteiger partial charge in [0.25, 0.3) is 0 Å². The zero-order valence-electron chi connectivity index (χ0n) is 14.6. The van der Waals surface area contributed by atoms with Gasteiger partial charge in [-0.1, -0.05) is 50.6 Å². The molecule has 0 aliphatic heterocycles. The second-order valence-electron chi connectivity index (χ2n) is 5.73. The minimum absolute atomic E-state index is 0.0971. The molecule has 1 aromatic rings. The lowest BCUT2D eigenvalue weighted by atomic mass is 10.0. The van der Waals surface area contributed by atoms with E-state index in [-0.39, 0.29) is 11.3 Å². The maximum Gasteiger partial charge on any atom is 0.349 e. The average molecular weight is 323 g/mol. The number of hydrogen-bond acceptors (Lipinski definition) is 5. The molecule has 0 unspecified atom stereocenters. The number of oxime groups is 1. The number of rotatable bonds is 11. The van der Waals surface area contributed by atoms with E-state index in [1.54, 1.807) is 6.92 Å². The number of nitrogens with zero attached hydrogens (tertiary/aromatic N) is 1. The van der Waals surface area contributed by atoms with Crippen LogP contribution in [0.2, 0.25) is 0 Å². The van der Waals surface area contributed by atoms with E-state index >= 15 is 0 Å². The third-order valence-corrected chi connectivity index (χ3v) is 3.66. The van der Waals surface area contributed by atoms with Gasteiger partial charge in [0, 0.05) is 6.07 Å². The van der Waals surface area contributed by atoms with Gasteiger partial charge < -0.3 is 14.4 Å². The summed E-state index contributed by atoms with van der Waals surface area (Å²) >= 11 is 0. The molecule has 1 rings (SSSR count). The molecule has 5 heteroatoms. The summed E-state index contributed by atoms with van der Waals surface area (Å²) in [6.45, 7) is 6.07. The molecule has 0 bridgehead atoms. The van der Waals surface area contributed by atoms with Crippen molar-refractivity contribution >= 4 is 5.71 Å². The van der Waals surface area contributed by atoms with Crippen LogP contribution in [0.15, 0.2) is 20.4 Å². The van der Waals surface area contributed by atoms with Gasteiger partial charge in [0.15, 0.2) is 0 Å². The SMILES string of the molecule is CCCCCCCCCC(=NOCC)c1c(O)cc(C)oc1=O. The van der Waals surface area contributed by atoms with E-state index in [1.807, 2.05) is 6.92 Å². The third kappa shape index (κ3) is 6.89. The lowest BCUT2D eigenvalue weighted by Crippen LogP contribution is -2.16. The minimum atomic E-state index is -0.566. The van der Waals surface area contributed by atoms with Gasteiger partial charge in [-0.25, -0.2) is 4.79 Å². The van der Waals surface area contributed by atoms with Crippen molar-refractivity contribution in [2.24, 2.45) is 5.16 Å². The Bertz CT molecular complexity index is 548. The van der Waals surface area contributed by atoms with Crippen molar-refractivity contribution in [1.82, 2.24) is 0 Å². The van der Waals surface area contributed by atoms with E-state index < -0.39 is 5.63 Å². The molecule has 1 aromatic heterocycles. The smallest absolute Gasteiger partial charge is 0.349 e. The molecule has 0 saturated heterocycles. The monoisotopic (exact) mass is 323 g/mol. The summed E-state index contributed by atoms with van der Waals surface area (Å²) in [6, 6.07) is 1.43. The molecule has 1 heterocycles. The van der Waals surface area contributed by atoms with E-state index in [0.29, 0.717) is 24.5 Å². The van der Waals surface area contributed by atoms with Crippen LogP contribution in [-0.2, 0) is 4.84 Å². The molecule has 130 valence electrons. The Labute approximate surface area is 138 Å². The molecule has 23 heavy (non-hydrogen) atoms. The summed E-state index contributed by atoms with van der Waals surface area (Å²) in [5, 5.41) is 14.1. The average Bonchev–Trinajstić information content (AvgIpc) is 2.50. The maximum atomic E-state index is 12.0. The van der Waals surface area contributed by atoms with Gasteiger partial charge in [0.1, 0.15) is 23.7 Å². The fourth-order valence-corrected chi connectivity index (χ4v) is 2.47. The van der Waals surface area contributed by atoms with Crippen LogP contribution in [0.5, 0.6) is 5.75 Å². The first-order chi connectivity index (χ1) is 11.1. The molecule has 0 atom stereocenters. The van der Waals surface area contributed by atoms with Crippen molar-refractivity contribution in [3.8, 4) is 5.75 Å². The van der Waals surface area contributed by atoms with E-state index in [2.05, 4.69) is 12.1 Å². The molecule has 0 aromatic carbocycles. The van der Waals surface area contributed by atoms with Crippen LogP contribution in [-0.4, -0.2) is 17.4 Å². The zero-order valence-corrected chi connectivity index (χ0v) is 14.6. The Morgan fingerprint density at radius 3 is 2.43 bits per heavy atom. The summed E-state index contributed by atoms with van der Waals surface area (Å²) in [5.74, 6) is 0.281. The van der Waals surface area contributed by atoms with Crippen LogP contribution in [0.25, 0.3) is 0 Å². The first kappa shape index (κ1) is 19.3. The van der Waals surface area contributed by atoms with Crippen LogP contribution in [0.4, 0.5) is 0 Å². The topological polar surface area (TPSA) is 72.0 Å². The number of hydrogen-bond donors (Lipinski definition) is 1. The summed E-state index contributed by atoms with van der Waals surface area (Å²) in [7, 11) is 0. The second-order valence-corrected chi connectivity index (χ2v) is 5.73. The third-order valence-electron chi connectivity index (χ3n) is 3.66. The van der Waals surface area contributed by atoms with E-state index in [4.69, 9.17) is 9.25 Å².